The highest BCUT2D eigenvalue weighted by atomic mass is 19.1. The molecule has 0 amide bonds. The fraction of sp³-hybridized carbons (Fsp3) is 0.455. The minimum atomic E-state index is -0.291. The van der Waals surface area contributed by atoms with E-state index in [0.29, 0.717) is 13.0 Å². The van der Waals surface area contributed by atoms with Crippen LogP contribution >= 0.6 is 0 Å². The number of ether oxygens (including phenoxy) is 1. The molecule has 0 radical (unpaired) electrons. The van der Waals surface area contributed by atoms with Crippen LogP contribution in [0.4, 0.5) is 10.1 Å². The molecule has 1 rings (SSSR count). The summed E-state index contributed by atoms with van der Waals surface area (Å²) in [6.45, 7) is 2.36. The maximum atomic E-state index is 11.9. The van der Waals surface area contributed by atoms with Gasteiger partial charge in [0.05, 0.1) is 19.5 Å². The number of hydrogen-bond donors (Lipinski definition) is 1. The maximum absolute atomic E-state index is 11.9. The lowest BCUT2D eigenvalue weighted by atomic mass is 10.2. The molecular weight excluding hydrogens is 181 g/mol. The Bertz CT molecular complexity index is 289. The van der Waals surface area contributed by atoms with Crippen molar-refractivity contribution in [3.8, 4) is 5.75 Å². The topological polar surface area (TPSA) is 21.3 Å². The van der Waals surface area contributed by atoms with Gasteiger partial charge in [0.15, 0.2) is 0 Å². The molecule has 1 aromatic carbocycles. The first-order valence-electron chi connectivity index (χ1n) is 4.72. The van der Waals surface area contributed by atoms with Gasteiger partial charge < -0.3 is 10.1 Å². The Morgan fingerprint density at radius 2 is 2.21 bits per heavy atom. The number of alkyl halides is 1. The molecular formula is C11H16FNO. The van der Waals surface area contributed by atoms with Crippen LogP contribution in [-0.2, 0) is 0 Å². The van der Waals surface area contributed by atoms with Crippen molar-refractivity contribution in [2.75, 3.05) is 25.6 Å². The quantitative estimate of drug-likeness (QED) is 0.733. The van der Waals surface area contributed by atoms with E-state index in [-0.39, 0.29) is 6.67 Å². The van der Waals surface area contributed by atoms with E-state index in [1.165, 1.54) is 0 Å². The highest BCUT2D eigenvalue weighted by molar-refractivity contribution is 5.57. The Morgan fingerprint density at radius 3 is 2.86 bits per heavy atom. The van der Waals surface area contributed by atoms with Gasteiger partial charge in [-0.25, -0.2) is 0 Å². The molecule has 14 heavy (non-hydrogen) atoms. The van der Waals surface area contributed by atoms with E-state index in [4.69, 9.17) is 4.74 Å². The number of anilines is 1. The molecule has 0 aliphatic carbocycles. The molecule has 0 heterocycles. The first-order chi connectivity index (χ1) is 6.77. The number of hydrogen-bond acceptors (Lipinski definition) is 2. The minimum Gasteiger partial charge on any atom is -0.495 e. The average molecular weight is 197 g/mol. The predicted octanol–water partition coefficient (Wildman–Crippen LogP) is 2.78. The second-order valence-electron chi connectivity index (χ2n) is 3.17. The number of methoxy groups -OCH3 is 1. The van der Waals surface area contributed by atoms with E-state index in [9.17, 15) is 4.39 Å². The zero-order valence-corrected chi connectivity index (χ0v) is 8.64. The Labute approximate surface area is 84.1 Å². The van der Waals surface area contributed by atoms with Crippen LogP contribution in [0.25, 0.3) is 0 Å². The van der Waals surface area contributed by atoms with Crippen LogP contribution in [0.2, 0.25) is 0 Å². The van der Waals surface area contributed by atoms with Crippen LogP contribution in [0, 0.1) is 6.92 Å². The summed E-state index contributed by atoms with van der Waals surface area (Å²) in [4.78, 5) is 0. The van der Waals surface area contributed by atoms with Gasteiger partial charge in [-0.1, -0.05) is 6.07 Å². The molecule has 0 saturated carbocycles. The molecule has 0 aliphatic heterocycles. The lowest BCUT2D eigenvalue weighted by molar-refractivity contribution is 0.416. The zero-order valence-electron chi connectivity index (χ0n) is 8.64. The Morgan fingerprint density at radius 1 is 1.43 bits per heavy atom. The smallest absolute Gasteiger partial charge is 0.141 e. The fourth-order valence-corrected chi connectivity index (χ4v) is 1.25. The normalized spacial score (nSPS) is 9.93. The summed E-state index contributed by atoms with van der Waals surface area (Å²) < 4.78 is 17.1. The van der Waals surface area contributed by atoms with Gasteiger partial charge >= 0.3 is 0 Å². The van der Waals surface area contributed by atoms with Crippen molar-refractivity contribution < 1.29 is 9.13 Å². The molecule has 0 fully saturated rings. The molecule has 1 aromatic rings. The Kier molecular flexibility index (Phi) is 4.23. The highest BCUT2D eigenvalue weighted by Crippen LogP contribution is 2.24. The van der Waals surface area contributed by atoms with Gasteiger partial charge in [0.1, 0.15) is 5.75 Å². The second kappa shape index (κ2) is 5.47. The van der Waals surface area contributed by atoms with Crippen LogP contribution in [0.5, 0.6) is 5.75 Å². The molecule has 0 atom stereocenters. The van der Waals surface area contributed by atoms with Crippen molar-refractivity contribution in [1.29, 1.82) is 0 Å². The van der Waals surface area contributed by atoms with Gasteiger partial charge in [0, 0.05) is 6.54 Å². The van der Waals surface area contributed by atoms with Gasteiger partial charge in [-0.2, -0.15) is 0 Å². The SMILES string of the molecule is COc1ccc(C)cc1NCCCF. The standard InChI is InChI=1S/C11H16FNO/c1-9-4-5-11(14-2)10(8-9)13-7-3-6-12/h4-5,8,13H,3,6-7H2,1-2H3. The lowest BCUT2D eigenvalue weighted by Crippen LogP contribution is -2.03. The summed E-state index contributed by atoms with van der Waals surface area (Å²) >= 11 is 0. The van der Waals surface area contributed by atoms with E-state index >= 15 is 0 Å². The van der Waals surface area contributed by atoms with Crippen molar-refractivity contribution >= 4 is 5.69 Å². The van der Waals surface area contributed by atoms with E-state index in [2.05, 4.69) is 5.32 Å². The number of benzene rings is 1. The minimum absolute atomic E-state index is 0.291. The van der Waals surface area contributed by atoms with Crippen LogP contribution in [0.3, 0.4) is 0 Å². The average Bonchev–Trinajstić information content (AvgIpc) is 2.19. The van der Waals surface area contributed by atoms with E-state index in [1.54, 1.807) is 7.11 Å². The first kappa shape index (κ1) is 10.8. The van der Waals surface area contributed by atoms with Gasteiger partial charge in [0.25, 0.3) is 0 Å². The van der Waals surface area contributed by atoms with E-state index in [0.717, 1.165) is 17.0 Å². The van der Waals surface area contributed by atoms with E-state index < -0.39 is 0 Å². The van der Waals surface area contributed by atoms with Crippen LogP contribution in [-0.4, -0.2) is 20.3 Å². The summed E-state index contributed by atoms with van der Waals surface area (Å²) in [5.74, 6) is 0.800. The van der Waals surface area contributed by atoms with Crippen molar-refractivity contribution in [2.24, 2.45) is 0 Å². The molecule has 78 valence electrons. The van der Waals surface area contributed by atoms with Crippen LogP contribution < -0.4 is 10.1 Å². The fourth-order valence-electron chi connectivity index (χ4n) is 1.25. The summed E-state index contributed by atoms with van der Waals surface area (Å²) in [6, 6.07) is 5.89. The van der Waals surface area contributed by atoms with Gasteiger partial charge in [-0.3, -0.25) is 4.39 Å². The maximum Gasteiger partial charge on any atom is 0.141 e. The van der Waals surface area contributed by atoms with Gasteiger partial charge in [-0.05, 0) is 31.0 Å². The summed E-state index contributed by atoms with van der Waals surface area (Å²) in [6.07, 6.45) is 0.525. The molecule has 3 heteroatoms. The summed E-state index contributed by atoms with van der Waals surface area (Å²) in [5, 5.41) is 3.14. The largest absolute Gasteiger partial charge is 0.495 e. The van der Waals surface area contributed by atoms with Crippen molar-refractivity contribution in [3.63, 3.8) is 0 Å². The monoisotopic (exact) mass is 197 g/mol. The molecule has 0 saturated heterocycles. The number of halogens is 1. The van der Waals surface area contributed by atoms with Crippen molar-refractivity contribution in [3.05, 3.63) is 23.8 Å². The third-order valence-electron chi connectivity index (χ3n) is 1.98. The number of aryl methyl sites for hydroxylation is 1. The second-order valence-corrected chi connectivity index (χ2v) is 3.17. The van der Waals surface area contributed by atoms with Gasteiger partial charge in [-0.15, -0.1) is 0 Å². The predicted molar refractivity (Wildman–Crippen MR) is 56.8 cm³/mol. The molecule has 0 aromatic heterocycles. The molecule has 0 unspecified atom stereocenters. The highest BCUT2D eigenvalue weighted by Gasteiger charge is 2.01. The summed E-state index contributed by atoms with van der Waals surface area (Å²) in [7, 11) is 1.63. The van der Waals surface area contributed by atoms with Crippen molar-refractivity contribution in [1.82, 2.24) is 0 Å². The van der Waals surface area contributed by atoms with E-state index in [1.807, 2.05) is 25.1 Å². The Hall–Kier alpha value is -1.25. The van der Waals surface area contributed by atoms with Crippen LogP contribution in [0.15, 0.2) is 18.2 Å². The number of rotatable bonds is 5. The molecule has 0 aliphatic rings. The first-order valence-corrected chi connectivity index (χ1v) is 4.72. The van der Waals surface area contributed by atoms with Gasteiger partial charge in [0.2, 0.25) is 0 Å². The third-order valence-corrected chi connectivity index (χ3v) is 1.98. The van der Waals surface area contributed by atoms with Crippen molar-refractivity contribution in [2.45, 2.75) is 13.3 Å². The molecule has 1 N–H and O–H groups in total. The molecule has 0 spiro atoms. The zero-order chi connectivity index (χ0) is 10.4. The summed E-state index contributed by atoms with van der Waals surface area (Å²) in [5.41, 5.74) is 2.09. The lowest BCUT2D eigenvalue weighted by Gasteiger charge is -2.11. The third kappa shape index (κ3) is 2.91. The van der Waals surface area contributed by atoms with Crippen LogP contribution in [0.1, 0.15) is 12.0 Å². The molecule has 0 bridgehead atoms. The Balaban J connectivity index is 2.67. The molecule has 2 nitrogen and oxygen atoms in total. The number of nitrogens with one attached hydrogen (secondary N) is 1.